The molecule has 24 heavy (non-hydrogen) atoms. The van der Waals surface area contributed by atoms with Crippen molar-refractivity contribution in [3.63, 3.8) is 0 Å². The Morgan fingerprint density at radius 2 is 1.62 bits per heavy atom. The van der Waals surface area contributed by atoms with Crippen LogP contribution in [0.2, 0.25) is 0 Å². The first kappa shape index (κ1) is 16.1. The highest BCUT2D eigenvalue weighted by molar-refractivity contribution is 5.94. The average molecular weight is 324 g/mol. The van der Waals surface area contributed by atoms with Gasteiger partial charge in [0, 0.05) is 31.7 Å². The quantitative estimate of drug-likeness (QED) is 0.792. The van der Waals surface area contributed by atoms with E-state index in [0.717, 1.165) is 17.7 Å². The van der Waals surface area contributed by atoms with Gasteiger partial charge in [0.15, 0.2) is 0 Å². The van der Waals surface area contributed by atoms with Crippen molar-refractivity contribution >= 4 is 12.3 Å². The molecule has 0 unspecified atom stereocenters. The van der Waals surface area contributed by atoms with Gasteiger partial charge in [0.05, 0.1) is 0 Å². The van der Waals surface area contributed by atoms with Gasteiger partial charge in [-0.3, -0.25) is 9.59 Å². The molecule has 1 heterocycles. The fourth-order valence-corrected chi connectivity index (χ4v) is 2.65. The van der Waals surface area contributed by atoms with Crippen molar-refractivity contribution in [1.29, 1.82) is 0 Å². The van der Waals surface area contributed by atoms with E-state index in [2.05, 4.69) is 0 Å². The summed E-state index contributed by atoms with van der Waals surface area (Å²) < 4.78 is 5.73. The van der Waals surface area contributed by atoms with Gasteiger partial charge in [-0.15, -0.1) is 0 Å². The van der Waals surface area contributed by atoms with Crippen LogP contribution in [0, 0.1) is 0 Å². The Balaban J connectivity index is 1.56. The van der Waals surface area contributed by atoms with Crippen LogP contribution in [0.4, 0.5) is 0 Å². The maximum absolute atomic E-state index is 12.5. The van der Waals surface area contributed by atoms with Gasteiger partial charge in [-0.1, -0.05) is 30.3 Å². The highest BCUT2D eigenvalue weighted by atomic mass is 16.5. The molecule has 1 aliphatic rings. The number of benzene rings is 2. The van der Waals surface area contributed by atoms with Crippen LogP contribution < -0.4 is 4.74 Å². The molecule has 2 aromatic carbocycles. The van der Waals surface area contributed by atoms with Crippen LogP contribution >= 0.6 is 0 Å². The van der Waals surface area contributed by atoms with Gasteiger partial charge in [0.25, 0.3) is 5.91 Å². The third-order valence-corrected chi connectivity index (χ3v) is 4.10. The first-order valence-electron chi connectivity index (χ1n) is 8.01. The molecule has 2 aromatic rings. The maximum Gasteiger partial charge on any atom is 0.253 e. The third-order valence-electron chi connectivity index (χ3n) is 4.10. The number of rotatable bonds is 5. The van der Waals surface area contributed by atoms with Crippen LogP contribution in [0.3, 0.4) is 0 Å². The molecule has 0 aliphatic carbocycles. The summed E-state index contributed by atoms with van der Waals surface area (Å²) in [7, 11) is 0. The Hall–Kier alpha value is -2.82. The second kappa shape index (κ2) is 7.64. The highest BCUT2D eigenvalue weighted by Gasteiger charge is 2.21. The van der Waals surface area contributed by atoms with Crippen LogP contribution in [-0.2, 0) is 11.4 Å². The summed E-state index contributed by atoms with van der Waals surface area (Å²) in [5.74, 6) is 0.733. The van der Waals surface area contributed by atoms with E-state index in [1.807, 2.05) is 42.5 Å². The average Bonchev–Trinajstić information content (AvgIpc) is 2.67. The summed E-state index contributed by atoms with van der Waals surface area (Å²) >= 11 is 0. The lowest BCUT2D eigenvalue weighted by Gasteiger charge is -2.32. The summed E-state index contributed by atoms with van der Waals surface area (Å²) in [5.41, 5.74) is 1.74. The summed E-state index contributed by atoms with van der Waals surface area (Å²) in [5, 5.41) is 0. The molecule has 3 rings (SSSR count). The first-order chi connectivity index (χ1) is 11.8. The minimum atomic E-state index is -0.00448. The molecule has 1 aliphatic heterocycles. The number of hydrogen-bond acceptors (Lipinski definition) is 3. The molecule has 0 saturated carbocycles. The zero-order valence-electron chi connectivity index (χ0n) is 13.4. The molecular formula is C19H20N2O3. The normalized spacial score (nSPS) is 14.3. The number of carbonyl (C=O) groups is 2. The molecule has 5 nitrogen and oxygen atoms in total. The zero-order valence-corrected chi connectivity index (χ0v) is 13.4. The second-order valence-electron chi connectivity index (χ2n) is 5.73. The van der Waals surface area contributed by atoms with E-state index >= 15 is 0 Å². The van der Waals surface area contributed by atoms with Crippen molar-refractivity contribution in [2.45, 2.75) is 6.61 Å². The molecule has 0 radical (unpaired) electrons. The van der Waals surface area contributed by atoms with Gasteiger partial charge < -0.3 is 14.5 Å². The lowest BCUT2D eigenvalue weighted by atomic mass is 10.1. The second-order valence-corrected chi connectivity index (χ2v) is 5.73. The number of nitrogens with zero attached hydrogens (tertiary/aromatic N) is 2. The molecule has 0 spiro atoms. The Labute approximate surface area is 141 Å². The number of hydrogen-bond donors (Lipinski definition) is 0. The number of piperazine rings is 1. The molecule has 5 heteroatoms. The van der Waals surface area contributed by atoms with Gasteiger partial charge in [0.1, 0.15) is 12.4 Å². The first-order valence-corrected chi connectivity index (χ1v) is 8.01. The Morgan fingerprint density at radius 3 is 2.25 bits per heavy atom. The van der Waals surface area contributed by atoms with Gasteiger partial charge >= 0.3 is 0 Å². The summed E-state index contributed by atoms with van der Waals surface area (Å²) in [6, 6.07) is 17.2. The standard InChI is InChI=1S/C19H20N2O3/c22-15-20-10-12-21(13-11-20)19(23)17-6-8-18(9-7-17)24-14-16-4-2-1-3-5-16/h1-9,15H,10-14H2. The lowest BCUT2D eigenvalue weighted by Crippen LogP contribution is -2.48. The van der Waals surface area contributed by atoms with E-state index in [4.69, 9.17) is 4.74 Å². The molecule has 124 valence electrons. The molecule has 2 amide bonds. The Kier molecular flexibility index (Phi) is 5.11. The van der Waals surface area contributed by atoms with E-state index < -0.39 is 0 Å². The van der Waals surface area contributed by atoms with E-state index in [1.54, 1.807) is 21.9 Å². The van der Waals surface area contributed by atoms with Crippen molar-refractivity contribution in [1.82, 2.24) is 9.80 Å². The summed E-state index contributed by atoms with van der Waals surface area (Å²) in [4.78, 5) is 26.6. The topological polar surface area (TPSA) is 49.9 Å². The predicted octanol–water partition coefficient (Wildman–Crippen LogP) is 2.18. The minimum Gasteiger partial charge on any atom is -0.489 e. The van der Waals surface area contributed by atoms with Gasteiger partial charge in [-0.05, 0) is 29.8 Å². The number of carbonyl (C=O) groups excluding carboxylic acids is 2. The lowest BCUT2D eigenvalue weighted by molar-refractivity contribution is -0.119. The van der Waals surface area contributed by atoms with E-state index in [0.29, 0.717) is 38.3 Å². The number of ether oxygens (including phenoxy) is 1. The monoisotopic (exact) mass is 324 g/mol. The molecule has 0 bridgehead atoms. The van der Waals surface area contributed by atoms with Crippen LogP contribution in [0.1, 0.15) is 15.9 Å². The predicted molar refractivity (Wildman–Crippen MR) is 90.8 cm³/mol. The molecule has 0 atom stereocenters. The van der Waals surface area contributed by atoms with E-state index in [-0.39, 0.29) is 5.91 Å². The van der Waals surface area contributed by atoms with Crippen molar-refractivity contribution in [3.05, 3.63) is 65.7 Å². The molecule has 1 saturated heterocycles. The van der Waals surface area contributed by atoms with Gasteiger partial charge in [-0.2, -0.15) is 0 Å². The Bertz CT molecular complexity index is 678. The SMILES string of the molecule is O=CN1CCN(C(=O)c2ccc(OCc3ccccc3)cc2)CC1. The van der Waals surface area contributed by atoms with Crippen molar-refractivity contribution in [3.8, 4) is 5.75 Å². The van der Waals surface area contributed by atoms with E-state index in [9.17, 15) is 9.59 Å². The van der Waals surface area contributed by atoms with Crippen LogP contribution in [0.5, 0.6) is 5.75 Å². The van der Waals surface area contributed by atoms with Crippen LogP contribution in [-0.4, -0.2) is 48.3 Å². The Morgan fingerprint density at radius 1 is 0.958 bits per heavy atom. The van der Waals surface area contributed by atoms with Crippen molar-refractivity contribution in [2.24, 2.45) is 0 Å². The van der Waals surface area contributed by atoms with Crippen LogP contribution in [0.25, 0.3) is 0 Å². The smallest absolute Gasteiger partial charge is 0.253 e. The fourth-order valence-electron chi connectivity index (χ4n) is 2.65. The molecular weight excluding hydrogens is 304 g/mol. The van der Waals surface area contributed by atoms with Crippen molar-refractivity contribution in [2.75, 3.05) is 26.2 Å². The highest BCUT2D eigenvalue weighted by Crippen LogP contribution is 2.16. The third kappa shape index (κ3) is 3.93. The zero-order chi connectivity index (χ0) is 16.8. The van der Waals surface area contributed by atoms with E-state index in [1.165, 1.54) is 0 Å². The summed E-state index contributed by atoms with van der Waals surface area (Å²) in [6.07, 6.45) is 0.834. The largest absolute Gasteiger partial charge is 0.489 e. The fraction of sp³-hybridized carbons (Fsp3) is 0.263. The maximum atomic E-state index is 12.5. The van der Waals surface area contributed by atoms with Crippen molar-refractivity contribution < 1.29 is 14.3 Å². The van der Waals surface area contributed by atoms with Crippen LogP contribution in [0.15, 0.2) is 54.6 Å². The van der Waals surface area contributed by atoms with Gasteiger partial charge in [0.2, 0.25) is 6.41 Å². The molecule has 0 aromatic heterocycles. The molecule has 1 fully saturated rings. The minimum absolute atomic E-state index is 0.00448. The summed E-state index contributed by atoms with van der Waals surface area (Å²) in [6.45, 7) is 2.83. The van der Waals surface area contributed by atoms with Gasteiger partial charge in [-0.25, -0.2) is 0 Å². The number of amides is 2. The molecule has 0 N–H and O–H groups in total.